The third-order valence-corrected chi connectivity index (χ3v) is 3.93. The Morgan fingerprint density at radius 3 is 2.76 bits per heavy atom. The molecule has 2 atom stereocenters. The third kappa shape index (κ3) is 3.07. The summed E-state index contributed by atoms with van der Waals surface area (Å²) in [5.74, 6) is 0.830. The zero-order valence-electron chi connectivity index (χ0n) is 10.6. The summed E-state index contributed by atoms with van der Waals surface area (Å²) >= 11 is 0. The van der Waals surface area contributed by atoms with E-state index < -0.39 is 0 Å². The Morgan fingerprint density at radius 1 is 1.53 bits per heavy atom. The molecule has 2 N–H and O–H groups in total. The second kappa shape index (κ2) is 5.65. The van der Waals surface area contributed by atoms with Gasteiger partial charge in [-0.25, -0.2) is 0 Å². The van der Waals surface area contributed by atoms with Crippen molar-refractivity contribution in [3.63, 3.8) is 0 Å². The van der Waals surface area contributed by atoms with Gasteiger partial charge in [-0.1, -0.05) is 6.08 Å². The van der Waals surface area contributed by atoms with E-state index in [4.69, 9.17) is 0 Å². The highest BCUT2D eigenvalue weighted by Gasteiger charge is 2.35. The normalized spacial score (nSPS) is 33.1. The lowest BCUT2D eigenvalue weighted by molar-refractivity contribution is -0.123. The zero-order valence-corrected chi connectivity index (χ0v) is 10.6. The summed E-state index contributed by atoms with van der Waals surface area (Å²) in [4.78, 5) is 14.2. The maximum Gasteiger partial charge on any atom is 0.237 e. The minimum absolute atomic E-state index is 0.0707. The Balaban J connectivity index is 1.80. The third-order valence-electron chi connectivity index (χ3n) is 3.93. The lowest BCUT2D eigenvalue weighted by atomic mass is 9.83. The van der Waals surface area contributed by atoms with Crippen LogP contribution in [0, 0.1) is 5.92 Å². The van der Waals surface area contributed by atoms with Gasteiger partial charge in [0.1, 0.15) is 0 Å². The van der Waals surface area contributed by atoms with E-state index in [1.165, 1.54) is 25.9 Å². The van der Waals surface area contributed by atoms with Crippen molar-refractivity contribution in [2.45, 2.75) is 31.8 Å². The van der Waals surface area contributed by atoms with Crippen molar-refractivity contribution in [3.05, 3.63) is 12.7 Å². The van der Waals surface area contributed by atoms with Gasteiger partial charge in [0.2, 0.25) is 5.91 Å². The van der Waals surface area contributed by atoms with Crippen LogP contribution in [-0.2, 0) is 4.79 Å². The largest absolute Gasteiger partial charge is 0.351 e. The van der Waals surface area contributed by atoms with Crippen LogP contribution in [0.25, 0.3) is 0 Å². The van der Waals surface area contributed by atoms with Crippen LogP contribution >= 0.6 is 0 Å². The maximum atomic E-state index is 11.7. The molecule has 0 saturated carbocycles. The van der Waals surface area contributed by atoms with Gasteiger partial charge in [0.25, 0.3) is 0 Å². The monoisotopic (exact) mass is 237 g/mol. The average Bonchev–Trinajstić information content (AvgIpc) is 2.37. The molecule has 3 fully saturated rings. The molecule has 0 aliphatic carbocycles. The van der Waals surface area contributed by atoms with Gasteiger partial charge in [0.05, 0.1) is 6.04 Å². The van der Waals surface area contributed by atoms with Crippen molar-refractivity contribution in [3.8, 4) is 0 Å². The average molecular weight is 237 g/mol. The molecule has 3 heterocycles. The fraction of sp³-hybridized carbons (Fsp3) is 0.769. The van der Waals surface area contributed by atoms with Crippen molar-refractivity contribution in [2.24, 2.45) is 5.92 Å². The molecule has 3 rings (SSSR count). The van der Waals surface area contributed by atoms with E-state index in [1.54, 1.807) is 6.08 Å². The lowest BCUT2D eigenvalue weighted by Crippen LogP contribution is -2.59. The highest BCUT2D eigenvalue weighted by Crippen LogP contribution is 2.27. The fourth-order valence-electron chi connectivity index (χ4n) is 2.88. The second-order valence-electron chi connectivity index (χ2n) is 5.17. The highest BCUT2D eigenvalue weighted by molar-refractivity contribution is 5.81. The molecule has 0 radical (unpaired) electrons. The Morgan fingerprint density at radius 2 is 2.24 bits per heavy atom. The topological polar surface area (TPSA) is 44.4 Å². The molecule has 3 saturated heterocycles. The lowest BCUT2D eigenvalue weighted by Gasteiger charge is -2.45. The van der Waals surface area contributed by atoms with Crippen molar-refractivity contribution < 1.29 is 4.79 Å². The molecular formula is C13H23N3O. The molecule has 0 aromatic heterocycles. The molecule has 96 valence electrons. The van der Waals surface area contributed by atoms with Gasteiger partial charge < -0.3 is 15.5 Å². The van der Waals surface area contributed by atoms with Crippen LogP contribution in [0.2, 0.25) is 0 Å². The Kier molecular flexibility index (Phi) is 4.18. The number of amides is 1. The smallest absolute Gasteiger partial charge is 0.237 e. The predicted octanol–water partition coefficient (Wildman–Crippen LogP) is 0.361. The molecule has 3 aliphatic heterocycles. The molecule has 1 amide bonds. The quantitative estimate of drug-likeness (QED) is 0.679. The van der Waals surface area contributed by atoms with E-state index in [-0.39, 0.29) is 11.9 Å². The van der Waals surface area contributed by atoms with Crippen LogP contribution in [0.15, 0.2) is 12.7 Å². The van der Waals surface area contributed by atoms with Crippen molar-refractivity contribution in [1.82, 2.24) is 15.5 Å². The summed E-state index contributed by atoms with van der Waals surface area (Å²) in [6.45, 7) is 9.66. The number of fused-ring (bicyclic) bond motifs is 3. The number of hydrogen-bond acceptors (Lipinski definition) is 3. The number of carbonyl (C=O) groups is 1. The van der Waals surface area contributed by atoms with Crippen molar-refractivity contribution in [1.29, 1.82) is 0 Å². The predicted molar refractivity (Wildman–Crippen MR) is 68.8 cm³/mol. The first-order valence-electron chi connectivity index (χ1n) is 6.57. The fourth-order valence-corrected chi connectivity index (χ4v) is 2.88. The SMILES string of the molecule is C=CCNC(=O)C(C)NC1CN2CCC1CC2. The summed E-state index contributed by atoms with van der Waals surface area (Å²) in [7, 11) is 0. The van der Waals surface area contributed by atoms with Crippen molar-refractivity contribution in [2.75, 3.05) is 26.2 Å². The number of nitrogens with one attached hydrogen (secondary N) is 2. The Labute approximate surface area is 103 Å². The number of nitrogens with zero attached hydrogens (tertiary/aromatic N) is 1. The summed E-state index contributed by atoms with van der Waals surface area (Å²) in [5.41, 5.74) is 0. The zero-order chi connectivity index (χ0) is 12.3. The molecule has 4 nitrogen and oxygen atoms in total. The maximum absolute atomic E-state index is 11.7. The number of hydrogen-bond donors (Lipinski definition) is 2. The first-order chi connectivity index (χ1) is 8.20. The molecule has 17 heavy (non-hydrogen) atoms. The number of carbonyl (C=O) groups excluding carboxylic acids is 1. The summed E-state index contributed by atoms with van der Waals surface area (Å²) in [6, 6.07) is 0.377. The highest BCUT2D eigenvalue weighted by atomic mass is 16.2. The summed E-state index contributed by atoms with van der Waals surface area (Å²) in [6.07, 6.45) is 4.26. The van der Waals surface area contributed by atoms with Crippen LogP contribution in [0.3, 0.4) is 0 Å². The minimum atomic E-state index is -0.111. The van der Waals surface area contributed by atoms with Gasteiger partial charge in [-0.2, -0.15) is 0 Å². The van der Waals surface area contributed by atoms with Crippen LogP contribution in [0.5, 0.6) is 0 Å². The molecule has 3 aliphatic rings. The Bertz CT molecular complexity index is 284. The van der Waals surface area contributed by atoms with Gasteiger partial charge in [0.15, 0.2) is 0 Å². The molecule has 0 aromatic carbocycles. The van der Waals surface area contributed by atoms with Crippen molar-refractivity contribution >= 4 is 5.91 Å². The molecule has 2 unspecified atom stereocenters. The van der Waals surface area contributed by atoms with E-state index in [9.17, 15) is 4.79 Å². The summed E-state index contributed by atoms with van der Waals surface area (Å²) in [5, 5.41) is 6.30. The van der Waals surface area contributed by atoms with Gasteiger partial charge >= 0.3 is 0 Å². The van der Waals surface area contributed by atoms with E-state index in [2.05, 4.69) is 22.1 Å². The molecule has 2 bridgehead atoms. The van der Waals surface area contributed by atoms with E-state index >= 15 is 0 Å². The minimum Gasteiger partial charge on any atom is -0.351 e. The summed E-state index contributed by atoms with van der Waals surface area (Å²) < 4.78 is 0. The first-order valence-corrected chi connectivity index (χ1v) is 6.57. The van der Waals surface area contributed by atoms with E-state index in [1.807, 2.05) is 6.92 Å². The van der Waals surface area contributed by atoms with E-state index in [0.717, 1.165) is 12.5 Å². The molecule has 0 aromatic rings. The van der Waals surface area contributed by atoms with Crippen LogP contribution in [0.4, 0.5) is 0 Å². The second-order valence-corrected chi connectivity index (χ2v) is 5.17. The van der Waals surface area contributed by atoms with Crippen LogP contribution in [-0.4, -0.2) is 49.1 Å². The van der Waals surface area contributed by atoms with Gasteiger partial charge in [-0.3, -0.25) is 4.79 Å². The van der Waals surface area contributed by atoms with Crippen LogP contribution in [0.1, 0.15) is 19.8 Å². The number of piperidine rings is 3. The number of rotatable bonds is 5. The molecule has 0 spiro atoms. The van der Waals surface area contributed by atoms with Gasteiger partial charge in [-0.05, 0) is 38.8 Å². The standard InChI is InChI=1S/C13H23N3O/c1-3-6-14-13(17)10(2)15-12-9-16-7-4-11(12)5-8-16/h3,10-12,15H,1,4-9H2,2H3,(H,14,17). The van der Waals surface area contributed by atoms with E-state index in [0.29, 0.717) is 12.6 Å². The van der Waals surface area contributed by atoms with Gasteiger partial charge in [0, 0.05) is 19.1 Å². The van der Waals surface area contributed by atoms with Gasteiger partial charge in [-0.15, -0.1) is 6.58 Å². The Hall–Kier alpha value is -0.870. The molecule has 4 heteroatoms. The van der Waals surface area contributed by atoms with Crippen LogP contribution < -0.4 is 10.6 Å². The first kappa shape index (κ1) is 12.6. The molecular weight excluding hydrogens is 214 g/mol.